The zero-order valence-electron chi connectivity index (χ0n) is 10.2. The van der Waals surface area contributed by atoms with Gasteiger partial charge < -0.3 is 15.4 Å². The summed E-state index contributed by atoms with van der Waals surface area (Å²) in [5, 5.41) is 9.69. The molecule has 2 aromatic rings. The molecule has 5 heteroatoms. The molecule has 4 nitrogen and oxygen atoms in total. The maximum atomic E-state index is 9.69. The first-order valence-electron chi connectivity index (χ1n) is 6.19. The molecule has 1 heterocycles. The standard InChI is InChI=1S/C13H16BrN3O/c1-7(18)12(15)13-16-10-6-8(14)2-5-11(10)17(13)9-3-4-9/h2,5-7,9,12,18H,3-4,15H2,1H3. The summed E-state index contributed by atoms with van der Waals surface area (Å²) in [6.45, 7) is 1.71. The van der Waals surface area contributed by atoms with Gasteiger partial charge in [-0.05, 0) is 38.0 Å². The Balaban J connectivity index is 2.20. The van der Waals surface area contributed by atoms with E-state index in [0.717, 1.165) is 21.3 Å². The lowest BCUT2D eigenvalue weighted by molar-refractivity contribution is 0.159. The lowest BCUT2D eigenvalue weighted by Gasteiger charge is -2.16. The van der Waals surface area contributed by atoms with Crippen LogP contribution < -0.4 is 5.73 Å². The maximum absolute atomic E-state index is 9.69. The molecule has 96 valence electrons. The topological polar surface area (TPSA) is 64.1 Å². The summed E-state index contributed by atoms with van der Waals surface area (Å²) in [4.78, 5) is 4.60. The predicted molar refractivity (Wildman–Crippen MR) is 74.3 cm³/mol. The smallest absolute Gasteiger partial charge is 0.129 e. The lowest BCUT2D eigenvalue weighted by Crippen LogP contribution is -2.26. The molecule has 0 aliphatic heterocycles. The summed E-state index contributed by atoms with van der Waals surface area (Å²) in [5.41, 5.74) is 8.10. The van der Waals surface area contributed by atoms with E-state index in [1.54, 1.807) is 6.92 Å². The number of hydrogen-bond donors (Lipinski definition) is 2. The van der Waals surface area contributed by atoms with Gasteiger partial charge in [-0.1, -0.05) is 15.9 Å². The summed E-state index contributed by atoms with van der Waals surface area (Å²) >= 11 is 3.45. The van der Waals surface area contributed by atoms with Crippen LogP contribution in [0.1, 0.15) is 37.7 Å². The van der Waals surface area contributed by atoms with Crippen molar-refractivity contribution in [2.24, 2.45) is 5.73 Å². The Hall–Kier alpha value is -0.910. The van der Waals surface area contributed by atoms with Crippen LogP contribution in [-0.4, -0.2) is 20.8 Å². The normalized spacial score (nSPS) is 19.1. The van der Waals surface area contributed by atoms with Crippen LogP contribution in [0.4, 0.5) is 0 Å². The van der Waals surface area contributed by atoms with Crippen LogP contribution in [0, 0.1) is 0 Å². The third-order valence-corrected chi connectivity index (χ3v) is 3.90. The second-order valence-electron chi connectivity index (χ2n) is 4.97. The second-order valence-corrected chi connectivity index (χ2v) is 5.89. The number of benzene rings is 1. The van der Waals surface area contributed by atoms with E-state index in [2.05, 4.69) is 31.5 Å². The van der Waals surface area contributed by atoms with Crippen LogP contribution in [0.25, 0.3) is 11.0 Å². The van der Waals surface area contributed by atoms with E-state index in [1.807, 2.05) is 12.1 Å². The van der Waals surface area contributed by atoms with Crippen molar-refractivity contribution >= 4 is 27.0 Å². The average molecular weight is 310 g/mol. The summed E-state index contributed by atoms with van der Waals surface area (Å²) in [5.74, 6) is 0.792. The van der Waals surface area contributed by atoms with Gasteiger partial charge in [0.2, 0.25) is 0 Å². The molecule has 18 heavy (non-hydrogen) atoms. The fourth-order valence-electron chi connectivity index (χ4n) is 2.26. The first kappa shape index (κ1) is 12.1. The minimum absolute atomic E-state index is 0.434. The number of aliphatic hydroxyl groups excluding tert-OH is 1. The minimum Gasteiger partial charge on any atom is -0.391 e. The molecule has 1 aromatic carbocycles. The highest BCUT2D eigenvalue weighted by atomic mass is 79.9. The summed E-state index contributed by atoms with van der Waals surface area (Å²) in [6.07, 6.45) is 1.74. The van der Waals surface area contributed by atoms with E-state index in [1.165, 1.54) is 12.8 Å². The summed E-state index contributed by atoms with van der Waals surface area (Å²) in [6, 6.07) is 6.13. The van der Waals surface area contributed by atoms with E-state index in [-0.39, 0.29) is 0 Å². The minimum atomic E-state index is -0.595. The molecular weight excluding hydrogens is 294 g/mol. The SMILES string of the molecule is CC(O)C(N)c1nc2cc(Br)ccc2n1C1CC1. The van der Waals surface area contributed by atoms with Crippen molar-refractivity contribution in [1.82, 2.24) is 9.55 Å². The van der Waals surface area contributed by atoms with Crippen molar-refractivity contribution in [3.63, 3.8) is 0 Å². The molecule has 1 aromatic heterocycles. The van der Waals surface area contributed by atoms with Gasteiger partial charge in [-0.15, -0.1) is 0 Å². The maximum Gasteiger partial charge on any atom is 0.129 e. The molecule has 0 radical (unpaired) electrons. The number of rotatable bonds is 3. The number of aliphatic hydroxyl groups is 1. The van der Waals surface area contributed by atoms with Gasteiger partial charge in [-0.2, -0.15) is 0 Å². The van der Waals surface area contributed by atoms with Crippen LogP contribution in [0.3, 0.4) is 0 Å². The third-order valence-electron chi connectivity index (χ3n) is 3.41. The van der Waals surface area contributed by atoms with Crippen molar-refractivity contribution in [3.05, 3.63) is 28.5 Å². The Kier molecular flexibility index (Phi) is 2.92. The van der Waals surface area contributed by atoms with E-state index in [0.29, 0.717) is 6.04 Å². The fourth-order valence-corrected chi connectivity index (χ4v) is 2.61. The number of aromatic nitrogens is 2. The van der Waals surface area contributed by atoms with Crippen molar-refractivity contribution in [1.29, 1.82) is 0 Å². The van der Waals surface area contributed by atoms with Gasteiger partial charge in [0.05, 0.1) is 23.2 Å². The molecule has 1 saturated carbocycles. The second kappa shape index (κ2) is 4.33. The van der Waals surface area contributed by atoms with Crippen LogP contribution >= 0.6 is 15.9 Å². The van der Waals surface area contributed by atoms with Gasteiger partial charge in [0.1, 0.15) is 5.82 Å². The van der Waals surface area contributed by atoms with E-state index >= 15 is 0 Å². The van der Waals surface area contributed by atoms with E-state index < -0.39 is 12.1 Å². The molecule has 2 atom stereocenters. The molecule has 3 rings (SSSR count). The van der Waals surface area contributed by atoms with Crippen LogP contribution in [0.2, 0.25) is 0 Å². The number of nitrogens with zero attached hydrogens (tertiary/aromatic N) is 2. The lowest BCUT2D eigenvalue weighted by atomic mass is 10.2. The fraction of sp³-hybridized carbons (Fsp3) is 0.462. The number of hydrogen-bond acceptors (Lipinski definition) is 3. The molecule has 1 fully saturated rings. The highest BCUT2D eigenvalue weighted by Crippen LogP contribution is 2.40. The van der Waals surface area contributed by atoms with Gasteiger partial charge in [-0.3, -0.25) is 0 Å². The molecular formula is C13H16BrN3O. The zero-order valence-corrected chi connectivity index (χ0v) is 11.8. The average Bonchev–Trinajstić information content (AvgIpc) is 3.09. The van der Waals surface area contributed by atoms with Crippen molar-refractivity contribution in [2.75, 3.05) is 0 Å². The van der Waals surface area contributed by atoms with Gasteiger partial charge in [0.15, 0.2) is 0 Å². The van der Waals surface area contributed by atoms with E-state index in [4.69, 9.17) is 5.73 Å². The number of nitrogens with two attached hydrogens (primary N) is 1. The Labute approximate surface area is 114 Å². The Bertz CT molecular complexity index is 589. The highest BCUT2D eigenvalue weighted by Gasteiger charge is 2.31. The third kappa shape index (κ3) is 1.96. The van der Waals surface area contributed by atoms with Gasteiger partial charge in [0.25, 0.3) is 0 Å². The first-order chi connectivity index (χ1) is 8.58. The predicted octanol–water partition coefficient (Wildman–Crippen LogP) is 2.51. The summed E-state index contributed by atoms with van der Waals surface area (Å²) in [7, 11) is 0. The molecule has 1 aliphatic rings. The first-order valence-corrected chi connectivity index (χ1v) is 6.98. The van der Waals surface area contributed by atoms with Gasteiger partial charge in [0, 0.05) is 10.5 Å². The van der Waals surface area contributed by atoms with Crippen LogP contribution in [0.15, 0.2) is 22.7 Å². The number of fused-ring (bicyclic) bond motifs is 1. The van der Waals surface area contributed by atoms with Gasteiger partial charge >= 0.3 is 0 Å². The van der Waals surface area contributed by atoms with Crippen molar-refractivity contribution in [3.8, 4) is 0 Å². The van der Waals surface area contributed by atoms with Gasteiger partial charge in [-0.25, -0.2) is 4.98 Å². The number of halogens is 1. The van der Waals surface area contributed by atoms with E-state index in [9.17, 15) is 5.11 Å². The number of imidazole rings is 1. The summed E-state index contributed by atoms with van der Waals surface area (Å²) < 4.78 is 3.20. The molecule has 0 spiro atoms. The quantitative estimate of drug-likeness (QED) is 0.915. The molecule has 0 amide bonds. The van der Waals surface area contributed by atoms with Crippen LogP contribution in [-0.2, 0) is 0 Å². The largest absolute Gasteiger partial charge is 0.391 e. The molecule has 2 unspecified atom stereocenters. The molecule has 0 saturated heterocycles. The van der Waals surface area contributed by atoms with Crippen molar-refractivity contribution in [2.45, 2.75) is 38.0 Å². The molecule has 3 N–H and O–H groups in total. The zero-order chi connectivity index (χ0) is 12.9. The Morgan fingerprint density at radius 1 is 1.50 bits per heavy atom. The molecule has 0 bridgehead atoms. The Morgan fingerprint density at radius 3 is 2.83 bits per heavy atom. The van der Waals surface area contributed by atoms with Crippen molar-refractivity contribution < 1.29 is 5.11 Å². The Morgan fingerprint density at radius 2 is 2.22 bits per heavy atom. The highest BCUT2D eigenvalue weighted by molar-refractivity contribution is 9.10. The monoisotopic (exact) mass is 309 g/mol. The molecule has 1 aliphatic carbocycles. The van der Waals surface area contributed by atoms with Crippen LogP contribution in [0.5, 0.6) is 0 Å².